The van der Waals surface area contributed by atoms with Crippen LogP contribution < -0.4 is 5.32 Å². The van der Waals surface area contributed by atoms with Gasteiger partial charge in [0.15, 0.2) is 0 Å². The van der Waals surface area contributed by atoms with Crippen molar-refractivity contribution in [1.82, 2.24) is 0 Å². The van der Waals surface area contributed by atoms with Gasteiger partial charge in [-0.3, -0.25) is 4.79 Å². The van der Waals surface area contributed by atoms with Crippen LogP contribution in [0.5, 0.6) is 0 Å². The molecule has 1 N–H and O–H groups in total. The van der Waals surface area contributed by atoms with Crippen LogP contribution in [0.25, 0.3) is 0 Å². The highest BCUT2D eigenvalue weighted by molar-refractivity contribution is 8.00. The van der Waals surface area contributed by atoms with Gasteiger partial charge in [-0.1, -0.05) is 12.1 Å². The Morgan fingerprint density at radius 1 is 1.04 bits per heavy atom. The average molecular weight is 335 g/mol. The molecule has 0 aliphatic rings. The number of rotatable bonds is 4. The van der Waals surface area contributed by atoms with Gasteiger partial charge in [0.25, 0.3) is 0 Å². The minimum Gasteiger partial charge on any atom is -0.320 e. The van der Waals surface area contributed by atoms with Gasteiger partial charge in [0.2, 0.25) is 5.91 Å². The van der Waals surface area contributed by atoms with E-state index < -0.39 is 23.2 Å². The maximum atomic E-state index is 13.5. The number of amides is 1. The van der Waals surface area contributed by atoms with E-state index in [2.05, 4.69) is 11.4 Å². The molecular formula is C18H19F2NOS. The molecule has 0 fully saturated rings. The van der Waals surface area contributed by atoms with Crippen LogP contribution >= 0.6 is 11.8 Å². The molecule has 122 valence electrons. The van der Waals surface area contributed by atoms with E-state index in [0.29, 0.717) is 0 Å². The Morgan fingerprint density at radius 2 is 1.57 bits per heavy atom. The summed E-state index contributed by atoms with van der Waals surface area (Å²) in [5, 5.41) is 2.31. The summed E-state index contributed by atoms with van der Waals surface area (Å²) in [5.74, 6) is -1.89. The lowest BCUT2D eigenvalue weighted by Crippen LogP contribution is -2.16. The Kier molecular flexibility index (Phi) is 5.42. The molecule has 1 amide bonds. The van der Waals surface area contributed by atoms with Crippen molar-refractivity contribution in [1.29, 1.82) is 0 Å². The smallest absolute Gasteiger partial charge is 0.234 e. The van der Waals surface area contributed by atoms with Gasteiger partial charge in [0, 0.05) is 4.90 Å². The number of anilines is 1. The van der Waals surface area contributed by atoms with Crippen molar-refractivity contribution in [3.8, 4) is 0 Å². The first-order valence-electron chi connectivity index (χ1n) is 7.25. The topological polar surface area (TPSA) is 29.1 Å². The second kappa shape index (κ2) is 7.13. The lowest BCUT2D eigenvalue weighted by molar-refractivity contribution is -0.113. The molecule has 0 aliphatic heterocycles. The van der Waals surface area contributed by atoms with Crippen LogP contribution in [0.4, 0.5) is 14.5 Å². The zero-order valence-electron chi connectivity index (χ0n) is 13.6. The van der Waals surface area contributed by atoms with Crippen LogP contribution in [0.15, 0.2) is 29.2 Å². The van der Waals surface area contributed by atoms with E-state index in [-0.39, 0.29) is 5.75 Å². The molecule has 0 heterocycles. The number of hydrogen-bond donors (Lipinski definition) is 1. The molecule has 0 saturated heterocycles. The standard InChI is InChI=1S/C18H19F2NOS/c1-10-8-11(2)13(4)18(12(10)3)23-9-16(22)21-17-14(19)6-5-7-15(17)20/h5-8H,9H2,1-4H3,(H,21,22). The third-order valence-corrected chi connectivity index (χ3v) is 5.18. The minimum atomic E-state index is -0.776. The molecule has 5 heteroatoms. The maximum absolute atomic E-state index is 13.5. The number of carbonyl (C=O) groups is 1. The Morgan fingerprint density at radius 3 is 2.09 bits per heavy atom. The van der Waals surface area contributed by atoms with Crippen molar-refractivity contribution >= 4 is 23.4 Å². The summed E-state index contributed by atoms with van der Waals surface area (Å²) in [6.07, 6.45) is 0. The molecule has 0 unspecified atom stereocenters. The summed E-state index contributed by atoms with van der Waals surface area (Å²) in [5.41, 5.74) is 4.19. The highest BCUT2D eigenvalue weighted by Gasteiger charge is 2.14. The number of carbonyl (C=O) groups excluding carboxylic acids is 1. The van der Waals surface area contributed by atoms with Crippen LogP contribution in [0.3, 0.4) is 0 Å². The van der Waals surface area contributed by atoms with E-state index >= 15 is 0 Å². The van der Waals surface area contributed by atoms with Gasteiger partial charge >= 0.3 is 0 Å². The van der Waals surface area contributed by atoms with Gasteiger partial charge in [-0.2, -0.15) is 0 Å². The molecule has 2 nitrogen and oxygen atoms in total. The van der Waals surface area contributed by atoms with Crippen LogP contribution in [-0.2, 0) is 4.79 Å². The largest absolute Gasteiger partial charge is 0.320 e. The van der Waals surface area contributed by atoms with Crippen molar-refractivity contribution in [3.05, 3.63) is 58.2 Å². The zero-order valence-corrected chi connectivity index (χ0v) is 14.4. The van der Waals surface area contributed by atoms with Crippen molar-refractivity contribution in [3.63, 3.8) is 0 Å². The molecule has 0 aromatic heterocycles. The Hall–Kier alpha value is -1.88. The SMILES string of the molecule is Cc1cc(C)c(C)c(SCC(=O)Nc2c(F)cccc2F)c1C. The lowest BCUT2D eigenvalue weighted by Gasteiger charge is -2.15. The van der Waals surface area contributed by atoms with Gasteiger partial charge in [0.1, 0.15) is 17.3 Å². The van der Waals surface area contributed by atoms with E-state index in [9.17, 15) is 13.6 Å². The van der Waals surface area contributed by atoms with E-state index in [0.717, 1.165) is 39.3 Å². The average Bonchev–Trinajstić information content (AvgIpc) is 2.49. The number of nitrogens with one attached hydrogen (secondary N) is 1. The summed E-state index contributed by atoms with van der Waals surface area (Å²) in [6.45, 7) is 8.08. The Bertz CT molecular complexity index is 713. The van der Waals surface area contributed by atoms with Crippen molar-refractivity contribution < 1.29 is 13.6 Å². The summed E-state index contributed by atoms with van der Waals surface area (Å²) in [7, 11) is 0. The number of hydrogen-bond acceptors (Lipinski definition) is 2. The van der Waals surface area contributed by atoms with Gasteiger partial charge in [-0.05, 0) is 62.1 Å². The Balaban J connectivity index is 2.12. The van der Waals surface area contributed by atoms with Crippen molar-refractivity contribution in [2.45, 2.75) is 32.6 Å². The first-order chi connectivity index (χ1) is 10.8. The van der Waals surface area contributed by atoms with Crippen molar-refractivity contribution in [2.24, 2.45) is 0 Å². The molecule has 0 saturated carbocycles. The fourth-order valence-electron chi connectivity index (χ4n) is 2.33. The molecule has 2 rings (SSSR count). The molecule has 0 spiro atoms. The molecule has 2 aromatic rings. The predicted molar refractivity (Wildman–Crippen MR) is 91.1 cm³/mol. The molecular weight excluding hydrogens is 316 g/mol. The summed E-state index contributed by atoms with van der Waals surface area (Å²) < 4.78 is 27.1. The van der Waals surface area contributed by atoms with Crippen LogP contribution in [0.1, 0.15) is 22.3 Å². The lowest BCUT2D eigenvalue weighted by atomic mass is 10.0. The van der Waals surface area contributed by atoms with Gasteiger partial charge in [-0.15, -0.1) is 11.8 Å². The fraction of sp³-hybridized carbons (Fsp3) is 0.278. The number of benzene rings is 2. The molecule has 23 heavy (non-hydrogen) atoms. The van der Waals surface area contributed by atoms with E-state index in [4.69, 9.17) is 0 Å². The molecule has 0 aliphatic carbocycles. The zero-order chi connectivity index (χ0) is 17.1. The van der Waals surface area contributed by atoms with E-state index in [1.54, 1.807) is 0 Å². The van der Waals surface area contributed by atoms with Gasteiger partial charge < -0.3 is 5.32 Å². The second-order valence-electron chi connectivity index (χ2n) is 5.52. The van der Waals surface area contributed by atoms with E-state index in [1.807, 2.05) is 27.7 Å². The summed E-state index contributed by atoms with van der Waals surface area (Å²) >= 11 is 1.38. The number of para-hydroxylation sites is 1. The number of aryl methyl sites for hydroxylation is 2. The normalized spacial score (nSPS) is 10.7. The van der Waals surface area contributed by atoms with Crippen LogP contribution in [-0.4, -0.2) is 11.7 Å². The van der Waals surface area contributed by atoms with Crippen molar-refractivity contribution in [2.75, 3.05) is 11.1 Å². The van der Waals surface area contributed by atoms with Gasteiger partial charge in [0.05, 0.1) is 5.75 Å². The van der Waals surface area contributed by atoms with Crippen LogP contribution in [0.2, 0.25) is 0 Å². The third-order valence-electron chi connectivity index (χ3n) is 3.87. The molecule has 0 bridgehead atoms. The second-order valence-corrected chi connectivity index (χ2v) is 6.51. The van der Waals surface area contributed by atoms with Crippen LogP contribution in [0, 0.1) is 39.3 Å². The molecule has 2 aromatic carbocycles. The first kappa shape index (κ1) is 17.5. The number of thioether (sulfide) groups is 1. The monoisotopic (exact) mass is 335 g/mol. The quantitative estimate of drug-likeness (QED) is 0.803. The van der Waals surface area contributed by atoms with Gasteiger partial charge in [-0.25, -0.2) is 8.78 Å². The highest BCUT2D eigenvalue weighted by atomic mass is 32.2. The third kappa shape index (κ3) is 3.91. The minimum absolute atomic E-state index is 0.0956. The predicted octanol–water partition coefficient (Wildman–Crippen LogP) is 4.93. The summed E-state index contributed by atoms with van der Waals surface area (Å²) in [6, 6.07) is 5.61. The van der Waals surface area contributed by atoms with E-state index in [1.165, 1.54) is 17.8 Å². The molecule has 0 atom stereocenters. The first-order valence-corrected chi connectivity index (χ1v) is 8.24. The molecule has 0 radical (unpaired) electrons. The highest BCUT2D eigenvalue weighted by Crippen LogP contribution is 2.31. The Labute approximate surface area is 139 Å². The fourth-order valence-corrected chi connectivity index (χ4v) is 3.43. The maximum Gasteiger partial charge on any atom is 0.234 e. The summed E-state index contributed by atoms with van der Waals surface area (Å²) in [4.78, 5) is 13.1. The number of halogens is 2.